The van der Waals surface area contributed by atoms with Crippen LogP contribution in [0.1, 0.15) is 12.6 Å². The lowest BCUT2D eigenvalue weighted by Crippen LogP contribution is -1.92. The van der Waals surface area contributed by atoms with Gasteiger partial charge < -0.3 is 23.8 Å². The van der Waals surface area contributed by atoms with Crippen LogP contribution in [0.3, 0.4) is 0 Å². The van der Waals surface area contributed by atoms with Gasteiger partial charge in [0.25, 0.3) is 0 Å². The third-order valence-electron chi connectivity index (χ3n) is 4.06. The standard InChI is InChI=1S/C20H21NO5/c1-5-25-14-7-8-15(16(22)11-14)20-19(12(2)21-26-20)13-6-9-17(23-3)18(10-13)24-4/h6-11,22H,5H2,1-4H3. The van der Waals surface area contributed by atoms with Crippen LogP contribution in [0.5, 0.6) is 23.0 Å². The van der Waals surface area contributed by atoms with E-state index in [0.717, 1.165) is 11.1 Å². The van der Waals surface area contributed by atoms with E-state index in [2.05, 4.69) is 5.16 Å². The summed E-state index contributed by atoms with van der Waals surface area (Å²) in [5.74, 6) is 2.38. The second-order valence-electron chi connectivity index (χ2n) is 5.65. The molecule has 6 heteroatoms. The molecule has 1 aromatic heterocycles. The Bertz CT molecular complexity index is 917. The van der Waals surface area contributed by atoms with Gasteiger partial charge in [-0.15, -0.1) is 0 Å². The Morgan fingerprint density at radius 3 is 2.46 bits per heavy atom. The molecule has 0 atom stereocenters. The summed E-state index contributed by atoms with van der Waals surface area (Å²) in [6.45, 7) is 4.27. The average molecular weight is 355 g/mol. The Balaban J connectivity index is 2.11. The van der Waals surface area contributed by atoms with Gasteiger partial charge in [-0.05, 0) is 43.7 Å². The van der Waals surface area contributed by atoms with E-state index in [-0.39, 0.29) is 5.75 Å². The fourth-order valence-electron chi connectivity index (χ4n) is 2.85. The molecule has 0 unspecified atom stereocenters. The van der Waals surface area contributed by atoms with Crippen LogP contribution in [0.2, 0.25) is 0 Å². The zero-order valence-corrected chi connectivity index (χ0v) is 15.2. The lowest BCUT2D eigenvalue weighted by molar-refractivity contribution is 0.337. The summed E-state index contributed by atoms with van der Waals surface area (Å²) in [5.41, 5.74) is 2.88. The Morgan fingerprint density at radius 1 is 1.04 bits per heavy atom. The third kappa shape index (κ3) is 3.18. The van der Waals surface area contributed by atoms with Gasteiger partial charge in [0.1, 0.15) is 11.5 Å². The molecule has 1 heterocycles. The van der Waals surface area contributed by atoms with Crippen molar-refractivity contribution in [2.45, 2.75) is 13.8 Å². The molecule has 0 spiro atoms. The van der Waals surface area contributed by atoms with Crippen molar-refractivity contribution < 1.29 is 23.8 Å². The first-order chi connectivity index (χ1) is 12.6. The predicted octanol–water partition coefficient (Wildman–Crippen LogP) is 4.44. The van der Waals surface area contributed by atoms with Gasteiger partial charge in [0.15, 0.2) is 17.3 Å². The molecule has 0 fully saturated rings. The monoisotopic (exact) mass is 355 g/mol. The molecule has 0 saturated heterocycles. The SMILES string of the molecule is CCOc1ccc(-c2onc(C)c2-c2ccc(OC)c(OC)c2)c(O)c1. The summed E-state index contributed by atoms with van der Waals surface area (Å²) >= 11 is 0. The van der Waals surface area contributed by atoms with Crippen molar-refractivity contribution in [3.05, 3.63) is 42.1 Å². The zero-order chi connectivity index (χ0) is 18.7. The first-order valence-corrected chi connectivity index (χ1v) is 8.23. The molecule has 3 aromatic rings. The fourth-order valence-corrected chi connectivity index (χ4v) is 2.85. The summed E-state index contributed by atoms with van der Waals surface area (Å²) in [7, 11) is 3.17. The molecule has 0 radical (unpaired) electrons. The average Bonchev–Trinajstić information content (AvgIpc) is 3.02. The van der Waals surface area contributed by atoms with Crippen molar-refractivity contribution in [1.29, 1.82) is 0 Å². The summed E-state index contributed by atoms with van der Waals surface area (Å²) < 4.78 is 21.6. The Hall–Kier alpha value is -3.15. The maximum absolute atomic E-state index is 10.4. The summed E-state index contributed by atoms with van der Waals surface area (Å²) in [6.07, 6.45) is 0. The highest BCUT2D eigenvalue weighted by atomic mass is 16.5. The Kier molecular flexibility index (Phi) is 5.02. The van der Waals surface area contributed by atoms with Gasteiger partial charge in [-0.25, -0.2) is 0 Å². The van der Waals surface area contributed by atoms with E-state index >= 15 is 0 Å². The predicted molar refractivity (Wildman–Crippen MR) is 98.0 cm³/mol. The maximum atomic E-state index is 10.4. The number of phenols is 1. The van der Waals surface area contributed by atoms with Gasteiger partial charge in [0, 0.05) is 6.07 Å². The maximum Gasteiger partial charge on any atom is 0.178 e. The number of rotatable bonds is 6. The van der Waals surface area contributed by atoms with Gasteiger partial charge in [-0.2, -0.15) is 0 Å². The molecule has 136 valence electrons. The topological polar surface area (TPSA) is 74.0 Å². The highest BCUT2D eigenvalue weighted by molar-refractivity contribution is 5.84. The largest absolute Gasteiger partial charge is 0.507 e. The highest BCUT2D eigenvalue weighted by Crippen LogP contribution is 2.42. The van der Waals surface area contributed by atoms with E-state index < -0.39 is 0 Å². The quantitative estimate of drug-likeness (QED) is 0.705. The number of benzene rings is 2. The fraction of sp³-hybridized carbons (Fsp3) is 0.250. The first kappa shape index (κ1) is 17.7. The molecule has 26 heavy (non-hydrogen) atoms. The third-order valence-corrected chi connectivity index (χ3v) is 4.06. The van der Waals surface area contributed by atoms with Crippen LogP contribution < -0.4 is 14.2 Å². The van der Waals surface area contributed by atoms with E-state index in [1.807, 2.05) is 32.0 Å². The van der Waals surface area contributed by atoms with Crippen LogP contribution in [-0.2, 0) is 0 Å². The Morgan fingerprint density at radius 2 is 1.81 bits per heavy atom. The molecular formula is C20H21NO5. The van der Waals surface area contributed by atoms with E-state index in [1.54, 1.807) is 32.4 Å². The van der Waals surface area contributed by atoms with Crippen LogP contribution in [0.15, 0.2) is 40.9 Å². The van der Waals surface area contributed by atoms with Crippen molar-refractivity contribution in [2.75, 3.05) is 20.8 Å². The molecule has 0 aliphatic carbocycles. The van der Waals surface area contributed by atoms with Gasteiger partial charge >= 0.3 is 0 Å². The van der Waals surface area contributed by atoms with Crippen LogP contribution in [-0.4, -0.2) is 31.1 Å². The normalized spacial score (nSPS) is 10.6. The number of hydrogen-bond acceptors (Lipinski definition) is 6. The molecule has 2 aromatic carbocycles. The van der Waals surface area contributed by atoms with Gasteiger partial charge in [0.2, 0.25) is 0 Å². The van der Waals surface area contributed by atoms with Crippen molar-refractivity contribution in [1.82, 2.24) is 5.16 Å². The van der Waals surface area contributed by atoms with E-state index in [0.29, 0.717) is 40.9 Å². The Labute approximate surface area is 151 Å². The second-order valence-corrected chi connectivity index (χ2v) is 5.65. The number of aromatic hydroxyl groups is 1. The molecule has 0 bridgehead atoms. The molecule has 1 N–H and O–H groups in total. The van der Waals surface area contributed by atoms with Gasteiger partial charge in [-0.3, -0.25) is 0 Å². The first-order valence-electron chi connectivity index (χ1n) is 8.23. The molecule has 3 rings (SSSR count). The molecule has 0 saturated carbocycles. The molecule has 0 amide bonds. The lowest BCUT2D eigenvalue weighted by Gasteiger charge is -2.11. The van der Waals surface area contributed by atoms with Crippen LogP contribution in [0.4, 0.5) is 0 Å². The zero-order valence-electron chi connectivity index (χ0n) is 15.2. The summed E-state index contributed by atoms with van der Waals surface area (Å²) in [4.78, 5) is 0. The summed E-state index contributed by atoms with van der Waals surface area (Å²) in [6, 6.07) is 10.7. The van der Waals surface area contributed by atoms with Crippen LogP contribution >= 0.6 is 0 Å². The molecule has 0 aliphatic heterocycles. The lowest BCUT2D eigenvalue weighted by atomic mass is 9.99. The van der Waals surface area contributed by atoms with Gasteiger partial charge in [0.05, 0.1) is 37.6 Å². The number of nitrogens with zero attached hydrogens (tertiary/aromatic N) is 1. The highest BCUT2D eigenvalue weighted by Gasteiger charge is 2.21. The van der Waals surface area contributed by atoms with Crippen LogP contribution in [0, 0.1) is 6.92 Å². The van der Waals surface area contributed by atoms with Crippen molar-refractivity contribution >= 4 is 0 Å². The van der Waals surface area contributed by atoms with Crippen molar-refractivity contribution in [2.24, 2.45) is 0 Å². The molecule has 6 nitrogen and oxygen atoms in total. The number of phenolic OH excluding ortho intramolecular Hbond substituents is 1. The number of methoxy groups -OCH3 is 2. The second kappa shape index (κ2) is 7.39. The minimum absolute atomic E-state index is 0.0637. The smallest absolute Gasteiger partial charge is 0.178 e. The number of aromatic nitrogens is 1. The van der Waals surface area contributed by atoms with E-state index in [9.17, 15) is 5.11 Å². The molecular weight excluding hydrogens is 334 g/mol. The van der Waals surface area contributed by atoms with Crippen molar-refractivity contribution in [3.63, 3.8) is 0 Å². The van der Waals surface area contributed by atoms with E-state index in [1.165, 1.54) is 0 Å². The minimum atomic E-state index is 0.0637. The number of ether oxygens (including phenoxy) is 3. The van der Waals surface area contributed by atoms with Crippen molar-refractivity contribution in [3.8, 4) is 45.4 Å². The van der Waals surface area contributed by atoms with Gasteiger partial charge in [-0.1, -0.05) is 11.2 Å². The van der Waals surface area contributed by atoms with Crippen LogP contribution in [0.25, 0.3) is 22.5 Å². The van der Waals surface area contributed by atoms with E-state index in [4.69, 9.17) is 18.7 Å². The number of aryl methyl sites for hydroxylation is 1. The molecule has 0 aliphatic rings. The minimum Gasteiger partial charge on any atom is -0.507 e. The summed E-state index contributed by atoms with van der Waals surface area (Å²) in [5, 5.41) is 14.5. The number of hydrogen-bond donors (Lipinski definition) is 1.